The van der Waals surface area contributed by atoms with Crippen molar-refractivity contribution in [2.24, 2.45) is 0 Å². The molecule has 33 heavy (non-hydrogen) atoms. The van der Waals surface area contributed by atoms with Crippen LogP contribution in [0.2, 0.25) is 5.02 Å². The zero-order valence-corrected chi connectivity index (χ0v) is 19.0. The summed E-state index contributed by atoms with van der Waals surface area (Å²) in [5.74, 6) is -3.31. The van der Waals surface area contributed by atoms with Crippen LogP contribution in [0.25, 0.3) is 0 Å². The van der Waals surface area contributed by atoms with Crippen LogP contribution in [0.4, 0.5) is 8.78 Å². The Kier molecular flexibility index (Phi) is 6.15. The maximum atomic E-state index is 14.2. The smallest absolute Gasteiger partial charge is 0.274 e. The molecule has 2 aliphatic heterocycles. The molecule has 0 fully saturated rings. The van der Waals surface area contributed by atoms with Crippen LogP contribution in [-0.2, 0) is 11.3 Å². The van der Waals surface area contributed by atoms with Crippen LogP contribution in [0.5, 0.6) is 5.75 Å². The van der Waals surface area contributed by atoms with E-state index in [1.807, 2.05) is 6.92 Å². The van der Waals surface area contributed by atoms with E-state index in [2.05, 4.69) is 5.32 Å². The first kappa shape index (κ1) is 23.2. The van der Waals surface area contributed by atoms with Gasteiger partial charge in [0.1, 0.15) is 28.3 Å². The van der Waals surface area contributed by atoms with Gasteiger partial charge in [0.05, 0.1) is 18.8 Å². The highest BCUT2D eigenvalue weighted by molar-refractivity contribution is 6.30. The summed E-state index contributed by atoms with van der Waals surface area (Å²) in [4.78, 5) is 41.1. The van der Waals surface area contributed by atoms with Gasteiger partial charge in [0.2, 0.25) is 5.43 Å². The second-order valence-electron chi connectivity index (χ2n) is 7.82. The molecule has 8 nitrogen and oxygen atoms in total. The number of hydrogen-bond donors (Lipinski definition) is 1. The predicted octanol–water partition coefficient (Wildman–Crippen LogP) is 2.83. The van der Waals surface area contributed by atoms with E-state index in [1.165, 1.54) is 14.2 Å². The molecule has 0 bridgehead atoms. The van der Waals surface area contributed by atoms with Gasteiger partial charge in [-0.3, -0.25) is 14.4 Å². The summed E-state index contributed by atoms with van der Waals surface area (Å²) >= 11 is 5.60. The number of carbonyl (C=O) groups excluding carboxylic acids is 2. The van der Waals surface area contributed by atoms with Crippen molar-refractivity contribution in [3.05, 3.63) is 61.5 Å². The van der Waals surface area contributed by atoms with Gasteiger partial charge in [-0.1, -0.05) is 17.7 Å². The highest BCUT2D eigenvalue weighted by atomic mass is 35.5. The lowest BCUT2D eigenvalue weighted by molar-refractivity contribution is 0.0652. The molecule has 2 atom stereocenters. The van der Waals surface area contributed by atoms with Crippen molar-refractivity contribution in [1.82, 2.24) is 14.8 Å². The van der Waals surface area contributed by atoms with Gasteiger partial charge in [-0.15, -0.1) is 0 Å². The third-order valence-electron chi connectivity index (χ3n) is 6.13. The summed E-state index contributed by atoms with van der Waals surface area (Å²) in [6.45, 7) is 2.36. The monoisotopic (exact) mass is 481 g/mol. The van der Waals surface area contributed by atoms with Gasteiger partial charge in [-0.25, -0.2) is 8.78 Å². The van der Waals surface area contributed by atoms with Crippen LogP contribution >= 0.6 is 11.6 Å². The Balaban J connectivity index is 1.80. The SMILES string of the molecule is CCN1C[C@@H]2C[C@@H](OC)c3c(C(=O)NCc4ccc(F)c(Cl)c4F)c(=O)c(OC)c(n32)C1=O. The quantitative estimate of drug-likeness (QED) is 0.641. The predicted molar refractivity (Wildman–Crippen MR) is 115 cm³/mol. The normalized spacial score (nSPS) is 19.0. The van der Waals surface area contributed by atoms with Crippen LogP contribution in [0.15, 0.2) is 16.9 Å². The number of hydrogen-bond acceptors (Lipinski definition) is 5. The molecule has 0 unspecified atom stereocenters. The topological polar surface area (TPSA) is 89.9 Å². The third kappa shape index (κ3) is 3.57. The van der Waals surface area contributed by atoms with Crippen molar-refractivity contribution < 1.29 is 27.8 Å². The van der Waals surface area contributed by atoms with Crippen molar-refractivity contribution in [1.29, 1.82) is 0 Å². The maximum absolute atomic E-state index is 14.2. The summed E-state index contributed by atoms with van der Waals surface area (Å²) in [5.41, 5.74) is -0.684. The van der Waals surface area contributed by atoms with Crippen LogP contribution in [0.3, 0.4) is 0 Å². The average Bonchev–Trinajstić information content (AvgIpc) is 3.17. The molecule has 0 radical (unpaired) electrons. The molecule has 0 saturated heterocycles. The van der Waals surface area contributed by atoms with E-state index in [0.717, 1.165) is 12.1 Å². The Morgan fingerprint density at radius 3 is 2.64 bits per heavy atom. The second-order valence-corrected chi connectivity index (χ2v) is 8.19. The standard InChI is InChI=1S/C22H22ClF2N3O5/c1-4-27-9-11-7-13(32-2)17-14(19(29)20(33-3)18(22(27)31)28(11)17)21(30)26-8-10-5-6-12(24)15(23)16(10)25/h5-6,11,13H,4,7-9H2,1-3H3,(H,26,30)/t11-,13+/m0/s1. The molecular weight excluding hydrogens is 460 g/mol. The number of nitrogens with one attached hydrogen (secondary N) is 1. The van der Waals surface area contributed by atoms with Crippen LogP contribution < -0.4 is 15.5 Å². The lowest BCUT2D eigenvalue weighted by atomic mass is 10.1. The number of benzene rings is 1. The molecule has 11 heteroatoms. The van der Waals surface area contributed by atoms with Gasteiger partial charge in [0.25, 0.3) is 11.8 Å². The van der Waals surface area contributed by atoms with Gasteiger partial charge in [0, 0.05) is 38.7 Å². The van der Waals surface area contributed by atoms with E-state index in [4.69, 9.17) is 21.1 Å². The summed E-state index contributed by atoms with van der Waals surface area (Å²) in [6.07, 6.45) is -0.141. The van der Waals surface area contributed by atoms with Crippen molar-refractivity contribution in [3.8, 4) is 5.75 Å². The Bertz CT molecular complexity index is 1220. The van der Waals surface area contributed by atoms with E-state index in [-0.39, 0.29) is 46.8 Å². The van der Waals surface area contributed by atoms with Crippen molar-refractivity contribution in [2.45, 2.75) is 32.0 Å². The molecule has 1 aromatic carbocycles. The van der Waals surface area contributed by atoms with Crippen molar-refractivity contribution >= 4 is 23.4 Å². The molecule has 2 amide bonds. The van der Waals surface area contributed by atoms with Gasteiger partial charge < -0.3 is 24.3 Å². The number of ether oxygens (including phenoxy) is 2. The molecule has 2 aromatic rings. The second kappa shape index (κ2) is 8.75. The van der Waals surface area contributed by atoms with Crippen molar-refractivity contribution in [3.63, 3.8) is 0 Å². The Hall–Kier alpha value is -2.98. The highest BCUT2D eigenvalue weighted by Crippen LogP contribution is 2.43. The summed E-state index contributed by atoms with van der Waals surface area (Å²) in [7, 11) is 2.72. The third-order valence-corrected chi connectivity index (χ3v) is 6.48. The number of rotatable bonds is 6. The number of carbonyl (C=O) groups is 2. The average molecular weight is 482 g/mol. The lowest BCUT2D eigenvalue weighted by Gasteiger charge is -2.34. The minimum atomic E-state index is -0.999. The van der Waals surface area contributed by atoms with E-state index in [9.17, 15) is 23.2 Å². The molecule has 0 spiro atoms. The van der Waals surface area contributed by atoms with Gasteiger partial charge in [0.15, 0.2) is 11.4 Å². The first-order valence-corrected chi connectivity index (χ1v) is 10.7. The fourth-order valence-electron chi connectivity index (χ4n) is 4.55. The number of methoxy groups -OCH3 is 2. The number of pyridine rings is 1. The van der Waals surface area contributed by atoms with E-state index >= 15 is 0 Å². The van der Waals surface area contributed by atoms with Crippen LogP contribution in [-0.4, -0.2) is 48.6 Å². The molecule has 0 saturated carbocycles. The first-order chi connectivity index (χ1) is 15.7. The molecule has 176 valence electrons. The molecule has 1 N–H and O–H groups in total. The molecule has 2 aliphatic rings. The van der Waals surface area contributed by atoms with Gasteiger partial charge in [-0.05, 0) is 13.0 Å². The number of amides is 2. The number of nitrogens with zero attached hydrogens (tertiary/aromatic N) is 2. The minimum absolute atomic E-state index is 0.0499. The Morgan fingerprint density at radius 2 is 2.00 bits per heavy atom. The molecule has 3 heterocycles. The molecule has 1 aromatic heterocycles. The summed E-state index contributed by atoms with van der Waals surface area (Å²) in [6, 6.07) is 1.94. The zero-order valence-electron chi connectivity index (χ0n) is 18.2. The van der Waals surface area contributed by atoms with E-state index in [1.54, 1.807) is 9.47 Å². The summed E-state index contributed by atoms with van der Waals surface area (Å²) in [5, 5.41) is 1.81. The van der Waals surface area contributed by atoms with E-state index in [0.29, 0.717) is 19.5 Å². The van der Waals surface area contributed by atoms with Crippen LogP contribution in [0, 0.1) is 11.6 Å². The number of aromatic nitrogens is 1. The van der Waals surface area contributed by atoms with Crippen LogP contribution in [0.1, 0.15) is 57.6 Å². The Morgan fingerprint density at radius 1 is 1.27 bits per heavy atom. The van der Waals surface area contributed by atoms with E-state index < -0.39 is 34.1 Å². The maximum Gasteiger partial charge on any atom is 0.274 e. The molecule has 4 rings (SSSR count). The first-order valence-electron chi connectivity index (χ1n) is 10.3. The highest BCUT2D eigenvalue weighted by Gasteiger charge is 2.45. The van der Waals surface area contributed by atoms with Gasteiger partial charge in [-0.2, -0.15) is 0 Å². The fraction of sp³-hybridized carbons (Fsp3) is 0.409. The molecule has 0 aliphatic carbocycles. The summed E-state index contributed by atoms with van der Waals surface area (Å²) < 4.78 is 40.2. The number of likely N-dealkylation sites (N-methyl/N-ethyl adjacent to an activating group) is 1. The fourth-order valence-corrected chi connectivity index (χ4v) is 4.73. The minimum Gasteiger partial charge on any atom is -0.491 e. The lowest BCUT2D eigenvalue weighted by Crippen LogP contribution is -2.44. The Labute approximate surface area is 193 Å². The number of halogens is 3. The molecular formula is C22H22ClF2N3O5. The van der Waals surface area contributed by atoms with Gasteiger partial charge >= 0.3 is 0 Å². The van der Waals surface area contributed by atoms with Crippen molar-refractivity contribution in [2.75, 3.05) is 27.3 Å². The largest absolute Gasteiger partial charge is 0.491 e. The zero-order chi connectivity index (χ0) is 24.0.